The van der Waals surface area contributed by atoms with Crippen LogP contribution in [0.4, 0.5) is 0 Å². The molecule has 3 heterocycles. The summed E-state index contributed by atoms with van der Waals surface area (Å²) in [6.45, 7) is 9.72. The molecule has 1 atom stereocenters. The fraction of sp³-hybridized carbons (Fsp3) is 0.750. The van der Waals surface area contributed by atoms with E-state index >= 15 is 0 Å². The van der Waals surface area contributed by atoms with Crippen LogP contribution in [0.5, 0.6) is 0 Å². The Balaban J connectivity index is 1.53. The van der Waals surface area contributed by atoms with Gasteiger partial charge in [-0.05, 0) is 63.2 Å². The monoisotopic (exact) mass is 348 g/mol. The van der Waals surface area contributed by atoms with E-state index < -0.39 is 0 Å². The minimum absolute atomic E-state index is 0.00307. The van der Waals surface area contributed by atoms with Gasteiger partial charge in [0.1, 0.15) is 5.76 Å². The van der Waals surface area contributed by atoms with Crippen molar-refractivity contribution in [1.29, 1.82) is 0 Å². The predicted molar refractivity (Wildman–Crippen MR) is 97.6 cm³/mol. The Hall–Kier alpha value is -1.33. The third-order valence-electron chi connectivity index (χ3n) is 5.35. The molecule has 0 aliphatic carbocycles. The van der Waals surface area contributed by atoms with Gasteiger partial charge in [0, 0.05) is 19.7 Å². The van der Waals surface area contributed by atoms with Gasteiger partial charge >= 0.3 is 0 Å². The molecule has 0 bridgehead atoms. The highest BCUT2D eigenvalue weighted by atomic mass is 16.5. The number of hydrogen-bond donors (Lipinski definition) is 0. The molecule has 140 valence electrons. The summed E-state index contributed by atoms with van der Waals surface area (Å²) >= 11 is 0. The summed E-state index contributed by atoms with van der Waals surface area (Å²) in [7, 11) is 0. The highest BCUT2D eigenvalue weighted by Gasteiger charge is 2.27. The molecule has 0 radical (unpaired) electrons. The van der Waals surface area contributed by atoms with E-state index in [1.54, 1.807) is 0 Å². The first-order valence-electron chi connectivity index (χ1n) is 9.87. The summed E-state index contributed by atoms with van der Waals surface area (Å²) in [6, 6.07) is 3.79. The van der Waals surface area contributed by atoms with E-state index in [4.69, 9.17) is 9.15 Å². The number of amides is 1. The second-order valence-corrected chi connectivity index (χ2v) is 7.61. The molecule has 1 aromatic heterocycles. The van der Waals surface area contributed by atoms with Crippen LogP contribution >= 0.6 is 0 Å². The normalized spacial score (nSPS) is 23.1. The quantitative estimate of drug-likeness (QED) is 0.789. The van der Waals surface area contributed by atoms with Gasteiger partial charge < -0.3 is 14.1 Å². The Labute approximate surface area is 151 Å². The van der Waals surface area contributed by atoms with Crippen molar-refractivity contribution in [2.24, 2.45) is 5.92 Å². The second kappa shape index (κ2) is 8.86. The first kappa shape index (κ1) is 18.5. The predicted octanol–water partition coefficient (Wildman–Crippen LogP) is 3.54. The van der Waals surface area contributed by atoms with Crippen LogP contribution in [0.25, 0.3) is 0 Å². The molecule has 3 rings (SSSR count). The van der Waals surface area contributed by atoms with Crippen LogP contribution in [-0.4, -0.2) is 54.6 Å². The van der Waals surface area contributed by atoms with Gasteiger partial charge in [-0.15, -0.1) is 0 Å². The van der Waals surface area contributed by atoms with Crippen molar-refractivity contribution in [2.75, 3.05) is 32.8 Å². The zero-order valence-electron chi connectivity index (χ0n) is 15.7. The zero-order valence-corrected chi connectivity index (χ0v) is 15.7. The summed E-state index contributed by atoms with van der Waals surface area (Å²) in [4.78, 5) is 17.0. The van der Waals surface area contributed by atoms with Gasteiger partial charge in [0.25, 0.3) is 5.91 Å². The number of rotatable bonds is 6. The van der Waals surface area contributed by atoms with Gasteiger partial charge in [0.05, 0.1) is 12.6 Å². The molecular weight excluding hydrogens is 316 g/mol. The number of piperidine rings is 2. The number of carbonyl (C=O) groups is 1. The molecule has 2 aliphatic heterocycles. The van der Waals surface area contributed by atoms with Gasteiger partial charge in [-0.2, -0.15) is 0 Å². The molecule has 1 aromatic rings. The fourth-order valence-electron chi connectivity index (χ4n) is 3.72. The van der Waals surface area contributed by atoms with E-state index in [2.05, 4.69) is 18.7 Å². The summed E-state index contributed by atoms with van der Waals surface area (Å²) in [5.41, 5.74) is 0. The van der Waals surface area contributed by atoms with Crippen LogP contribution in [0.15, 0.2) is 16.5 Å². The minimum atomic E-state index is 0.00307. The first-order valence-corrected chi connectivity index (χ1v) is 9.87. The number of nitrogens with zero attached hydrogens (tertiary/aromatic N) is 2. The minimum Gasteiger partial charge on any atom is -0.455 e. The van der Waals surface area contributed by atoms with Crippen LogP contribution in [0.3, 0.4) is 0 Å². The Morgan fingerprint density at radius 3 is 2.80 bits per heavy atom. The van der Waals surface area contributed by atoms with Crippen LogP contribution < -0.4 is 0 Å². The van der Waals surface area contributed by atoms with Gasteiger partial charge in [-0.25, -0.2) is 0 Å². The lowest BCUT2D eigenvalue weighted by Gasteiger charge is -2.32. The molecule has 2 aliphatic rings. The van der Waals surface area contributed by atoms with Crippen molar-refractivity contribution in [3.63, 3.8) is 0 Å². The Kier molecular flexibility index (Phi) is 6.54. The van der Waals surface area contributed by atoms with Crippen molar-refractivity contribution in [2.45, 2.75) is 58.6 Å². The van der Waals surface area contributed by atoms with E-state index in [-0.39, 0.29) is 12.0 Å². The van der Waals surface area contributed by atoms with Crippen molar-refractivity contribution < 1.29 is 13.9 Å². The molecule has 5 heteroatoms. The summed E-state index contributed by atoms with van der Waals surface area (Å²) in [5, 5.41) is 0. The van der Waals surface area contributed by atoms with E-state index in [1.807, 2.05) is 17.0 Å². The molecule has 0 saturated carbocycles. The van der Waals surface area contributed by atoms with Gasteiger partial charge in [0.15, 0.2) is 5.76 Å². The van der Waals surface area contributed by atoms with Crippen LogP contribution in [-0.2, 0) is 11.3 Å². The van der Waals surface area contributed by atoms with Crippen molar-refractivity contribution >= 4 is 5.91 Å². The molecule has 0 N–H and O–H groups in total. The van der Waals surface area contributed by atoms with Crippen LogP contribution in [0, 0.1) is 5.92 Å². The maximum Gasteiger partial charge on any atom is 0.289 e. The average Bonchev–Trinajstić information content (AvgIpc) is 3.10. The summed E-state index contributed by atoms with van der Waals surface area (Å²) < 4.78 is 11.7. The van der Waals surface area contributed by atoms with E-state index in [1.165, 1.54) is 12.8 Å². The SMILES string of the molecule is CCCOC1CCCN(C(=O)c2ccc(CN3CCC(C)CC3)o2)C1. The smallest absolute Gasteiger partial charge is 0.289 e. The topological polar surface area (TPSA) is 45.9 Å². The maximum absolute atomic E-state index is 12.7. The van der Waals surface area contributed by atoms with E-state index in [0.717, 1.165) is 63.7 Å². The van der Waals surface area contributed by atoms with Crippen molar-refractivity contribution in [3.05, 3.63) is 23.7 Å². The Bertz CT molecular complexity index is 549. The largest absolute Gasteiger partial charge is 0.455 e. The lowest BCUT2D eigenvalue weighted by atomic mass is 9.99. The van der Waals surface area contributed by atoms with Crippen molar-refractivity contribution in [1.82, 2.24) is 9.80 Å². The lowest BCUT2D eigenvalue weighted by molar-refractivity contribution is 0.00107. The lowest BCUT2D eigenvalue weighted by Crippen LogP contribution is -2.43. The molecule has 1 amide bonds. The van der Waals surface area contributed by atoms with E-state index in [9.17, 15) is 4.79 Å². The molecule has 5 nitrogen and oxygen atoms in total. The second-order valence-electron chi connectivity index (χ2n) is 7.61. The van der Waals surface area contributed by atoms with Gasteiger partial charge in [-0.1, -0.05) is 13.8 Å². The first-order chi connectivity index (χ1) is 12.2. The Morgan fingerprint density at radius 2 is 2.04 bits per heavy atom. The number of carbonyl (C=O) groups excluding carboxylic acids is 1. The highest BCUT2D eigenvalue weighted by Crippen LogP contribution is 2.21. The third kappa shape index (κ3) is 5.08. The maximum atomic E-state index is 12.7. The third-order valence-corrected chi connectivity index (χ3v) is 5.35. The molecule has 2 fully saturated rings. The number of ether oxygens (including phenoxy) is 1. The molecular formula is C20H32N2O3. The van der Waals surface area contributed by atoms with Crippen molar-refractivity contribution in [3.8, 4) is 0 Å². The molecule has 25 heavy (non-hydrogen) atoms. The highest BCUT2D eigenvalue weighted by molar-refractivity contribution is 5.91. The fourth-order valence-corrected chi connectivity index (χ4v) is 3.72. The van der Waals surface area contributed by atoms with Crippen LogP contribution in [0.1, 0.15) is 62.3 Å². The molecule has 2 saturated heterocycles. The summed E-state index contributed by atoms with van der Waals surface area (Å²) in [5.74, 6) is 2.19. The Morgan fingerprint density at radius 1 is 1.24 bits per heavy atom. The standard InChI is InChI=1S/C20H32N2O3/c1-3-13-24-17-5-4-10-22(15-17)20(23)19-7-6-18(25-19)14-21-11-8-16(2)9-12-21/h6-7,16-17H,3-5,8-15H2,1-2H3. The molecule has 0 aromatic carbocycles. The van der Waals surface area contributed by atoms with Gasteiger partial charge in [0.2, 0.25) is 0 Å². The number of hydrogen-bond acceptors (Lipinski definition) is 4. The zero-order chi connectivity index (χ0) is 17.6. The molecule has 0 spiro atoms. The van der Waals surface area contributed by atoms with Crippen LogP contribution in [0.2, 0.25) is 0 Å². The average molecular weight is 348 g/mol. The molecule has 1 unspecified atom stereocenters. The number of furan rings is 1. The summed E-state index contributed by atoms with van der Waals surface area (Å²) in [6.07, 6.45) is 5.72. The van der Waals surface area contributed by atoms with Gasteiger partial charge in [-0.3, -0.25) is 9.69 Å². The van der Waals surface area contributed by atoms with E-state index in [0.29, 0.717) is 12.3 Å². The number of likely N-dealkylation sites (tertiary alicyclic amines) is 2.